The molecule has 1 aliphatic carbocycles. The van der Waals surface area contributed by atoms with E-state index < -0.39 is 13.7 Å². The lowest BCUT2D eigenvalue weighted by Gasteiger charge is -2.32. The van der Waals surface area contributed by atoms with Gasteiger partial charge in [-0.05, 0) is 88.9 Å². The second kappa shape index (κ2) is 13.1. The zero-order valence-electron chi connectivity index (χ0n) is 25.6. The van der Waals surface area contributed by atoms with Gasteiger partial charge in [-0.1, -0.05) is 19.6 Å². The minimum Gasteiger partial charge on any atom is -0.444 e. The molecule has 0 radical (unpaired) electrons. The molecule has 4 rings (SSSR count). The number of hydrogen-bond acceptors (Lipinski definition) is 6. The summed E-state index contributed by atoms with van der Waals surface area (Å²) in [6.07, 6.45) is 4.72. The van der Waals surface area contributed by atoms with Crippen LogP contribution in [0, 0.1) is 11.8 Å². The smallest absolute Gasteiger partial charge is 0.407 e. The molecule has 0 spiro atoms. The molecule has 1 aliphatic rings. The molecule has 1 saturated carbocycles. The third-order valence-electron chi connectivity index (χ3n) is 7.68. The SMILES string of the molecule is CC(NC(=O)OC(C)(C)C)[C@H]1CC[C@H](C(=O)Nc2ccnc3c2cc(-c2ccsc2)n3COCC[Si](C)(C)C)CC1. The minimum absolute atomic E-state index is 0.00284. The molecule has 0 aliphatic heterocycles. The second-order valence-corrected chi connectivity index (χ2v) is 19.9. The first-order valence-electron chi connectivity index (χ1n) is 14.7. The highest BCUT2D eigenvalue weighted by Gasteiger charge is 2.31. The Balaban J connectivity index is 1.42. The fourth-order valence-electron chi connectivity index (χ4n) is 5.30. The van der Waals surface area contributed by atoms with Crippen molar-refractivity contribution in [3.05, 3.63) is 35.2 Å². The monoisotopic (exact) mass is 598 g/mol. The number of aromatic nitrogens is 2. The number of anilines is 1. The van der Waals surface area contributed by atoms with E-state index in [2.05, 4.69) is 57.7 Å². The second-order valence-electron chi connectivity index (χ2n) is 13.4. The van der Waals surface area contributed by atoms with Gasteiger partial charge in [-0.2, -0.15) is 11.3 Å². The summed E-state index contributed by atoms with van der Waals surface area (Å²) in [6.45, 7) is 15.8. The third-order valence-corrected chi connectivity index (χ3v) is 10.1. The zero-order chi connectivity index (χ0) is 29.8. The van der Waals surface area contributed by atoms with Crippen LogP contribution in [0.1, 0.15) is 53.4 Å². The van der Waals surface area contributed by atoms with Gasteiger partial charge >= 0.3 is 6.09 Å². The number of nitrogens with zero attached hydrogens (tertiary/aromatic N) is 2. The quantitative estimate of drug-likeness (QED) is 0.184. The van der Waals surface area contributed by atoms with Crippen LogP contribution in [0.4, 0.5) is 10.5 Å². The zero-order valence-corrected chi connectivity index (χ0v) is 27.4. The number of pyridine rings is 1. The average Bonchev–Trinajstić information content (AvgIpc) is 3.53. The molecule has 41 heavy (non-hydrogen) atoms. The Morgan fingerprint density at radius 1 is 1.17 bits per heavy atom. The number of fused-ring (bicyclic) bond motifs is 1. The molecule has 3 heterocycles. The van der Waals surface area contributed by atoms with Crippen LogP contribution in [-0.4, -0.2) is 47.9 Å². The Bertz CT molecular complexity index is 1320. The van der Waals surface area contributed by atoms with Crippen molar-refractivity contribution in [1.29, 1.82) is 0 Å². The maximum atomic E-state index is 13.4. The number of rotatable bonds is 10. The number of alkyl carbamates (subject to hydrolysis) is 1. The average molecular weight is 599 g/mol. The number of ether oxygens (including phenoxy) is 2. The molecule has 0 bridgehead atoms. The Kier molecular flexibility index (Phi) is 9.97. The molecule has 2 amide bonds. The van der Waals surface area contributed by atoms with Gasteiger partial charge in [-0.15, -0.1) is 0 Å². The van der Waals surface area contributed by atoms with Crippen LogP contribution < -0.4 is 10.6 Å². The summed E-state index contributed by atoms with van der Waals surface area (Å²) in [4.78, 5) is 30.3. The molecule has 10 heteroatoms. The Morgan fingerprint density at radius 2 is 1.90 bits per heavy atom. The maximum Gasteiger partial charge on any atom is 0.407 e. The number of nitrogens with one attached hydrogen (secondary N) is 2. The van der Waals surface area contributed by atoms with Crippen molar-refractivity contribution in [2.75, 3.05) is 11.9 Å². The molecule has 1 fully saturated rings. The van der Waals surface area contributed by atoms with Crippen LogP contribution in [0.15, 0.2) is 35.2 Å². The van der Waals surface area contributed by atoms with Gasteiger partial charge in [-0.3, -0.25) is 4.79 Å². The van der Waals surface area contributed by atoms with Crippen molar-refractivity contribution < 1.29 is 19.1 Å². The fourth-order valence-corrected chi connectivity index (χ4v) is 6.71. The summed E-state index contributed by atoms with van der Waals surface area (Å²) >= 11 is 1.66. The van der Waals surface area contributed by atoms with Gasteiger partial charge in [0.1, 0.15) is 18.0 Å². The van der Waals surface area contributed by atoms with Gasteiger partial charge in [0.25, 0.3) is 0 Å². The predicted octanol–water partition coefficient (Wildman–Crippen LogP) is 7.74. The largest absolute Gasteiger partial charge is 0.444 e. The Hall–Kier alpha value is -2.69. The molecule has 0 saturated heterocycles. The Labute approximate surface area is 249 Å². The van der Waals surface area contributed by atoms with E-state index in [1.165, 1.54) is 0 Å². The van der Waals surface area contributed by atoms with E-state index in [1.807, 2.05) is 33.8 Å². The highest BCUT2D eigenvalue weighted by Crippen LogP contribution is 2.35. The summed E-state index contributed by atoms with van der Waals surface area (Å²) < 4.78 is 13.7. The summed E-state index contributed by atoms with van der Waals surface area (Å²) in [5, 5.41) is 11.3. The van der Waals surface area contributed by atoms with Crippen LogP contribution in [0.2, 0.25) is 25.7 Å². The number of carbonyl (C=O) groups is 2. The molecule has 3 aromatic heterocycles. The number of hydrogen-bond donors (Lipinski definition) is 2. The van der Waals surface area contributed by atoms with Crippen molar-refractivity contribution >= 4 is 48.1 Å². The Morgan fingerprint density at radius 3 is 2.54 bits per heavy atom. The first-order valence-corrected chi connectivity index (χ1v) is 19.3. The molecule has 224 valence electrons. The topological polar surface area (TPSA) is 94.5 Å². The molecule has 2 N–H and O–H groups in total. The summed E-state index contributed by atoms with van der Waals surface area (Å²) in [5.74, 6) is 0.300. The van der Waals surface area contributed by atoms with Crippen molar-refractivity contribution in [2.24, 2.45) is 11.8 Å². The van der Waals surface area contributed by atoms with E-state index in [0.717, 1.165) is 66.3 Å². The molecular formula is C31H46N4O4SSi. The van der Waals surface area contributed by atoms with E-state index >= 15 is 0 Å². The van der Waals surface area contributed by atoms with Gasteiger partial charge < -0.3 is 24.7 Å². The lowest BCUT2D eigenvalue weighted by atomic mass is 9.78. The van der Waals surface area contributed by atoms with Crippen LogP contribution in [0.25, 0.3) is 22.3 Å². The van der Waals surface area contributed by atoms with Gasteiger partial charge in [0, 0.05) is 49.2 Å². The van der Waals surface area contributed by atoms with Gasteiger partial charge in [0.05, 0.1) is 11.4 Å². The number of thiophene rings is 1. The van der Waals surface area contributed by atoms with Crippen molar-refractivity contribution in [2.45, 2.75) is 97.4 Å². The minimum atomic E-state index is -1.19. The highest BCUT2D eigenvalue weighted by molar-refractivity contribution is 7.08. The van der Waals surface area contributed by atoms with Crippen molar-refractivity contribution in [1.82, 2.24) is 14.9 Å². The van der Waals surface area contributed by atoms with Crippen LogP contribution in [0.3, 0.4) is 0 Å². The number of carbonyl (C=O) groups excluding carboxylic acids is 2. The lowest BCUT2D eigenvalue weighted by molar-refractivity contribution is -0.121. The van der Waals surface area contributed by atoms with Crippen LogP contribution in [-0.2, 0) is 21.0 Å². The molecule has 8 nitrogen and oxygen atoms in total. The summed E-state index contributed by atoms with van der Waals surface area (Å²) in [6, 6.07) is 7.20. The van der Waals surface area contributed by atoms with Crippen LogP contribution >= 0.6 is 11.3 Å². The van der Waals surface area contributed by atoms with Gasteiger partial charge in [-0.25, -0.2) is 9.78 Å². The van der Waals surface area contributed by atoms with E-state index in [9.17, 15) is 9.59 Å². The first-order chi connectivity index (χ1) is 19.3. The van der Waals surface area contributed by atoms with E-state index in [0.29, 0.717) is 12.6 Å². The summed E-state index contributed by atoms with van der Waals surface area (Å²) in [7, 11) is -1.19. The summed E-state index contributed by atoms with van der Waals surface area (Å²) in [5.41, 5.74) is 3.22. The van der Waals surface area contributed by atoms with Crippen LogP contribution in [0.5, 0.6) is 0 Å². The standard InChI is InChI=1S/C31H46N4O4SSi/c1-21(33-30(37)39-31(2,3)4)22-8-10-23(11-9-22)29(36)34-26-12-14-32-28-25(26)18-27(24-13-16-40-19-24)35(28)20-38-15-17-41(5,6)7/h12-14,16,18-19,21-23H,8-11,15,17,20H2,1-7H3,(H,33,37)(H,32,34,36)/t21?,22-,23-. The lowest BCUT2D eigenvalue weighted by Crippen LogP contribution is -2.42. The predicted molar refractivity (Wildman–Crippen MR) is 170 cm³/mol. The molecule has 1 unspecified atom stereocenters. The molecular weight excluding hydrogens is 553 g/mol. The van der Waals surface area contributed by atoms with Gasteiger partial charge in [0.2, 0.25) is 5.91 Å². The number of amides is 2. The highest BCUT2D eigenvalue weighted by atomic mass is 32.1. The van der Waals surface area contributed by atoms with Crippen molar-refractivity contribution in [3.63, 3.8) is 0 Å². The first kappa shape index (κ1) is 31.2. The van der Waals surface area contributed by atoms with E-state index in [-0.39, 0.29) is 24.0 Å². The molecule has 3 aromatic rings. The third kappa shape index (κ3) is 8.65. The normalized spacial score (nSPS) is 18.7. The van der Waals surface area contributed by atoms with E-state index in [1.54, 1.807) is 17.5 Å². The van der Waals surface area contributed by atoms with E-state index in [4.69, 9.17) is 14.5 Å². The van der Waals surface area contributed by atoms with Gasteiger partial charge in [0.15, 0.2) is 0 Å². The maximum absolute atomic E-state index is 13.4. The molecule has 0 aromatic carbocycles. The molecule has 1 atom stereocenters. The fraction of sp³-hybridized carbons (Fsp3) is 0.581. The van der Waals surface area contributed by atoms with Crippen molar-refractivity contribution in [3.8, 4) is 11.3 Å².